The molecule has 4 atom stereocenters. The average molecular weight is 453 g/mol. The molecule has 138 valence electrons. The molecule has 3 heteroatoms. The van der Waals surface area contributed by atoms with E-state index in [-0.39, 0.29) is 11.1 Å². The zero-order valence-electron chi connectivity index (χ0n) is 17.3. The van der Waals surface area contributed by atoms with E-state index in [1.807, 2.05) is 0 Å². The molecule has 0 bridgehead atoms. The van der Waals surface area contributed by atoms with E-state index in [4.69, 9.17) is 4.43 Å². The van der Waals surface area contributed by atoms with Crippen LogP contribution in [0.1, 0.15) is 68.2 Å². The number of hydrogen-bond donors (Lipinski definition) is 0. The van der Waals surface area contributed by atoms with E-state index in [1.165, 1.54) is 18.4 Å². The lowest BCUT2D eigenvalue weighted by atomic mass is 9.91. The topological polar surface area (TPSA) is 9.23 Å². The van der Waals surface area contributed by atoms with Crippen molar-refractivity contribution in [1.29, 1.82) is 0 Å². The van der Waals surface area contributed by atoms with Gasteiger partial charge in [0.2, 0.25) is 0 Å². The third-order valence-corrected chi connectivity index (χ3v) is 11.3. The molecule has 1 nitrogen and oxygen atoms in total. The molecule has 0 aromatic heterocycles. The van der Waals surface area contributed by atoms with Gasteiger partial charge in [-0.3, -0.25) is 0 Å². The van der Waals surface area contributed by atoms with Gasteiger partial charge in [-0.25, -0.2) is 0 Å². The van der Waals surface area contributed by atoms with Gasteiger partial charge in [-0.2, -0.15) is 0 Å². The van der Waals surface area contributed by atoms with Crippen molar-refractivity contribution in [3.8, 4) is 0 Å². The van der Waals surface area contributed by atoms with Crippen molar-refractivity contribution in [3.63, 3.8) is 0 Å². The predicted octanol–water partition coefficient (Wildman–Crippen LogP) is 7.47. The lowest BCUT2D eigenvalue weighted by molar-refractivity contribution is 0.169. The Labute approximate surface area is 161 Å². The van der Waals surface area contributed by atoms with Crippen LogP contribution in [0.3, 0.4) is 0 Å². The van der Waals surface area contributed by atoms with Crippen LogP contribution < -0.4 is 0 Å². The molecule has 23 heavy (non-hydrogen) atoms. The van der Waals surface area contributed by atoms with Gasteiger partial charge in [0.15, 0.2) is 8.32 Å². The first-order valence-electron chi connectivity index (χ1n) is 9.27. The van der Waals surface area contributed by atoms with E-state index in [0.29, 0.717) is 11.8 Å². The van der Waals surface area contributed by atoms with E-state index in [9.17, 15) is 0 Å². The molecule has 0 amide bonds. The fourth-order valence-corrected chi connectivity index (χ4v) is 4.51. The SMILES string of the molecule is CC[C@@H](C)C[C@H](C)/C=C(\C)[C@@H](O[Si](C)(C)C(C)(C)C)[C@@H](C)CI. The molecule has 0 aromatic carbocycles. The summed E-state index contributed by atoms with van der Waals surface area (Å²) in [5.41, 5.74) is 1.44. The number of hydrogen-bond acceptors (Lipinski definition) is 1. The zero-order valence-corrected chi connectivity index (χ0v) is 20.5. The van der Waals surface area contributed by atoms with Crippen LogP contribution in [0.5, 0.6) is 0 Å². The summed E-state index contributed by atoms with van der Waals surface area (Å²) in [4.78, 5) is 0. The molecule has 0 saturated heterocycles. The molecule has 0 aromatic rings. The van der Waals surface area contributed by atoms with Gasteiger partial charge in [0.1, 0.15) is 0 Å². The highest BCUT2D eigenvalue weighted by Gasteiger charge is 2.40. The molecule has 0 unspecified atom stereocenters. The number of rotatable bonds is 9. The average Bonchev–Trinajstić information content (AvgIpc) is 2.42. The predicted molar refractivity (Wildman–Crippen MR) is 117 cm³/mol. The normalized spacial score (nSPS) is 19.3. The van der Waals surface area contributed by atoms with E-state index < -0.39 is 8.32 Å². The Kier molecular flexibility index (Phi) is 10.2. The molecule has 0 saturated carbocycles. The lowest BCUT2D eigenvalue weighted by Gasteiger charge is -2.41. The minimum atomic E-state index is -1.74. The number of allylic oxidation sites excluding steroid dienone is 1. The molecule has 0 aliphatic rings. The van der Waals surface area contributed by atoms with Gasteiger partial charge in [-0.1, -0.05) is 83.6 Å². The molecule has 0 aliphatic heterocycles. The molecule has 0 heterocycles. The Bertz CT molecular complexity index is 370. The Morgan fingerprint density at radius 2 is 1.70 bits per heavy atom. The molecule has 0 aliphatic carbocycles. The minimum absolute atomic E-state index is 0.263. The smallest absolute Gasteiger partial charge is 0.192 e. The summed E-state index contributed by atoms with van der Waals surface area (Å²) in [6.45, 7) is 23.3. The summed E-state index contributed by atoms with van der Waals surface area (Å²) >= 11 is 2.50. The fourth-order valence-electron chi connectivity index (χ4n) is 2.65. The molecule has 0 spiro atoms. The Morgan fingerprint density at radius 3 is 2.09 bits per heavy atom. The van der Waals surface area contributed by atoms with Crippen LogP contribution in [-0.2, 0) is 4.43 Å². The van der Waals surface area contributed by atoms with Gasteiger partial charge >= 0.3 is 0 Å². The van der Waals surface area contributed by atoms with Crippen molar-refractivity contribution in [2.45, 2.75) is 92.5 Å². The van der Waals surface area contributed by atoms with Gasteiger partial charge in [0.05, 0.1) is 6.10 Å². The highest BCUT2D eigenvalue weighted by Crippen LogP contribution is 2.39. The Hall–Kier alpha value is 0.647. The molecule has 0 N–H and O–H groups in total. The van der Waals surface area contributed by atoms with Crippen LogP contribution in [0.4, 0.5) is 0 Å². The fraction of sp³-hybridized carbons (Fsp3) is 0.900. The zero-order chi connectivity index (χ0) is 18.4. The summed E-state index contributed by atoms with van der Waals surface area (Å²) in [6.07, 6.45) is 5.30. The standard InChI is InChI=1S/C20H41IOSi/c1-11-15(2)12-16(3)13-17(4)19(18(5)14-21)22-23(9,10)20(6,7)8/h13,15-16,18-19H,11-12,14H2,1-10H3/b17-13+/t15-,16+,18+,19-/m1/s1. The second-order valence-corrected chi connectivity index (χ2v) is 14.7. The molecular weight excluding hydrogens is 411 g/mol. The maximum absolute atomic E-state index is 6.81. The summed E-state index contributed by atoms with van der Waals surface area (Å²) in [5, 5.41) is 0.263. The number of alkyl halides is 1. The first kappa shape index (κ1) is 23.6. The second kappa shape index (κ2) is 9.96. The molecule has 0 rings (SSSR count). The maximum atomic E-state index is 6.81. The van der Waals surface area contributed by atoms with Gasteiger partial charge in [0, 0.05) is 4.43 Å². The minimum Gasteiger partial charge on any atom is -0.410 e. The first-order chi connectivity index (χ1) is 10.4. The molecule has 0 radical (unpaired) electrons. The van der Waals surface area contributed by atoms with Crippen molar-refractivity contribution in [1.82, 2.24) is 0 Å². The Morgan fingerprint density at radius 1 is 1.17 bits per heavy atom. The van der Waals surface area contributed by atoms with E-state index >= 15 is 0 Å². The summed E-state index contributed by atoms with van der Waals surface area (Å²) < 4.78 is 7.96. The maximum Gasteiger partial charge on any atom is 0.192 e. The highest BCUT2D eigenvalue weighted by molar-refractivity contribution is 14.1. The van der Waals surface area contributed by atoms with E-state index in [0.717, 1.165) is 10.3 Å². The third-order valence-electron chi connectivity index (χ3n) is 5.46. The largest absolute Gasteiger partial charge is 0.410 e. The van der Waals surface area contributed by atoms with Crippen LogP contribution in [0, 0.1) is 17.8 Å². The van der Waals surface area contributed by atoms with Gasteiger partial charge < -0.3 is 4.43 Å². The quantitative estimate of drug-likeness (QED) is 0.153. The Balaban J connectivity index is 5.25. The summed E-state index contributed by atoms with van der Waals surface area (Å²) in [6, 6.07) is 0. The second-order valence-electron chi connectivity index (χ2n) is 9.07. The summed E-state index contributed by atoms with van der Waals surface area (Å²) in [5.74, 6) is 2.00. The third kappa shape index (κ3) is 8.04. The van der Waals surface area contributed by atoms with Crippen molar-refractivity contribution < 1.29 is 4.43 Å². The lowest BCUT2D eigenvalue weighted by Crippen LogP contribution is -2.46. The monoisotopic (exact) mass is 452 g/mol. The van der Waals surface area contributed by atoms with Gasteiger partial charge in [0.25, 0.3) is 0 Å². The molecule has 0 fully saturated rings. The van der Waals surface area contributed by atoms with Crippen LogP contribution in [-0.4, -0.2) is 18.8 Å². The summed E-state index contributed by atoms with van der Waals surface area (Å²) in [7, 11) is -1.74. The highest BCUT2D eigenvalue weighted by atomic mass is 127. The van der Waals surface area contributed by atoms with E-state index in [2.05, 4.69) is 97.2 Å². The van der Waals surface area contributed by atoms with Crippen molar-refractivity contribution in [2.24, 2.45) is 17.8 Å². The van der Waals surface area contributed by atoms with Crippen LogP contribution in [0.2, 0.25) is 18.1 Å². The van der Waals surface area contributed by atoms with Crippen molar-refractivity contribution in [2.75, 3.05) is 4.43 Å². The van der Waals surface area contributed by atoms with Crippen LogP contribution >= 0.6 is 22.6 Å². The van der Waals surface area contributed by atoms with Crippen LogP contribution in [0.15, 0.2) is 11.6 Å². The molecular formula is C20H41IOSi. The van der Waals surface area contributed by atoms with Gasteiger partial charge in [-0.15, -0.1) is 0 Å². The van der Waals surface area contributed by atoms with Gasteiger partial charge in [-0.05, 0) is 54.8 Å². The van der Waals surface area contributed by atoms with E-state index in [1.54, 1.807) is 0 Å². The van der Waals surface area contributed by atoms with Crippen LogP contribution in [0.25, 0.3) is 0 Å². The number of halogens is 1. The van der Waals surface area contributed by atoms with Crippen molar-refractivity contribution in [3.05, 3.63) is 11.6 Å². The first-order valence-corrected chi connectivity index (χ1v) is 13.7. The van der Waals surface area contributed by atoms with Crippen molar-refractivity contribution >= 4 is 30.9 Å².